The summed E-state index contributed by atoms with van der Waals surface area (Å²) < 4.78 is 32.2. The Morgan fingerprint density at radius 3 is 2.73 bits per heavy atom. The van der Waals surface area contributed by atoms with Crippen LogP contribution in [0.4, 0.5) is 8.78 Å². The van der Waals surface area contributed by atoms with Crippen LogP contribution in [0.1, 0.15) is 18.2 Å². The molecule has 2 aromatic heterocycles. The molecule has 0 aromatic carbocycles. The van der Waals surface area contributed by atoms with Gasteiger partial charge in [0.05, 0.1) is 12.8 Å². The number of nitrogens with one attached hydrogen (secondary N) is 1. The van der Waals surface area contributed by atoms with Crippen LogP contribution in [0, 0.1) is 0 Å². The number of aliphatic hydroxyl groups excluding tert-OH is 3. The maximum absolute atomic E-state index is 13.0. The highest BCUT2D eigenvalue weighted by atomic mass is 19.3. The minimum atomic E-state index is -2.87. The lowest BCUT2D eigenvalue weighted by molar-refractivity contribution is -0.0566. The maximum atomic E-state index is 13.0. The molecule has 1 fully saturated rings. The summed E-state index contributed by atoms with van der Waals surface area (Å²) in [5.41, 5.74) is -1.30. The van der Waals surface area contributed by atoms with Gasteiger partial charge in [-0.1, -0.05) is 0 Å². The molecule has 1 saturated heterocycles. The zero-order chi connectivity index (χ0) is 16.0. The highest BCUT2D eigenvalue weighted by molar-refractivity contribution is 5.78. The molecule has 0 radical (unpaired) electrons. The number of halogens is 2. The van der Waals surface area contributed by atoms with Gasteiger partial charge in [-0.15, -0.1) is 0 Å². The Bertz CT molecular complexity index is 746. The number of hydrogen-bond acceptors (Lipinski definition) is 6. The van der Waals surface area contributed by atoms with Gasteiger partial charge in [0, 0.05) is 17.0 Å². The average Bonchev–Trinajstić information content (AvgIpc) is 3.00. The molecule has 2 aromatic rings. The van der Waals surface area contributed by atoms with E-state index in [-0.39, 0.29) is 11.0 Å². The summed E-state index contributed by atoms with van der Waals surface area (Å²) in [5, 5.41) is 32.6. The number of rotatable bonds is 3. The molecule has 1 aliphatic rings. The molecule has 0 amide bonds. The summed E-state index contributed by atoms with van der Waals surface area (Å²) in [4.78, 5) is 13.9. The summed E-state index contributed by atoms with van der Waals surface area (Å²) in [5.74, 6) is 0. The molecule has 4 N–H and O–H groups in total. The van der Waals surface area contributed by atoms with Crippen LogP contribution in [0.3, 0.4) is 0 Å². The Morgan fingerprint density at radius 1 is 1.41 bits per heavy atom. The standard InChI is InChI=1S/C12H13F2N3O5/c13-10(14)4-1-7(19)16-11-5(4)2-15-17(11)12-9(21)8(20)6(3-18)22-12/h1-2,6,8-10,12,18,20-21H,3H2,(H,16,19)/t6-,8-,9-,12-/m1/s1. The molecule has 4 atom stereocenters. The molecule has 0 bridgehead atoms. The van der Waals surface area contributed by atoms with Gasteiger partial charge in [0.25, 0.3) is 6.43 Å². The lowest BCUT2D eigenvalue weighted by atomic mass is 10.1. The van der Waals surface area contributed by atoms with Gasteiger partial charge in [0.15, 0.2) is 6.23 Å². The van der Waals surface area contributed by atoms with Crippen molar-refractivity contribution in [2.75, 3.05) is 6.61 Å². The minimum Gasteiger partial charge on any atom is -0.394 e. The fourth-order valence-electron chi connectivity index (χ4n) is 2.53. The quantitative estimate of drug-likeness (QED) is 0.592. The highest BCUT2D eigenvalue weighted by Crippen LogP contribution is 2.32. The Hall–Kier alpha value is -1.88. The third kappa shape index (κ3) is 2.20. The maximum Gasteiger partial charge on any atom is 0.264 e. The molecular formula is C12H13F2N3O5. The average molecular weight is 317 g/mol. The largest absolute Gasteiger partial charge is 0.394 e. The van der Waals surface area contributed by atoms with Crippen molar-refractivity contribution >= 4 is 11.0 Å². The van der Waals surface area contributed by atoms with Crippen LogP contribution in [-0.4, -0.2) is 55.0 Å². The second-order valence-electron chi connectivity index (χ2n) is 4.97. The lowest BCUT2D eigenvalue weighted by Crippen LogP contribution is -2.33. The fraction of sp³-hybridized carbons (Fsp3) is 0.500. The third-order valence-corrected chi connectivity index (χ3v) is 3.63. The first-order chi connectivity index (χ1) is 10.4. The van der Waals surface area contributed by atoms with Crippen LogP contribution in [0.15, 0.2) is 17.1 Å². The molecule has 8 nitrogen and oxygen atoms in total. The van der Waals surface area contributed by atoms with E-state index in [2.05, 4.69) is 10.1 Å². The Kier molecular flexibility index (Phi) is 3.68. The molecule has 3 rings (SSSR count). The van der Waals surface area contributed by atoms with Crippen LogP contribution < -0.4 is 5.56 Å². The SMILES string of the molecule is O=c1cc(C(F)F)c2cnn([C@@H]3O[C@H](CO)[C@@H](O)[C@H]3O)c2[nH]1. The molecule has 1 aliphatic heterocycles. The topological polar surface area (TPSA) is 121 Å². The van der Waals surface area contributed by atoms with E-state index in [4.69, 9.17) is 9.84 Å². The van der Waals surface area contributed by atoms with E-state index in [1.807, 2.05) is 0 Å². The molecule has 10 heteroatoms. The van der Waals surface area contributed by atoms with Gasteiger partial charge in [0.1, 0.15) is 24.0 Å². The monoisotopic (exact) mass is 317 g/mol. The van der Waals surface area contributed by atoms with Crippen molar-refractivity contribution in [2.24, 2.45) is 0 Å². The number of hydrogen-bond donors (Lipinski definition) is 4. The van der Waals surface area contributed by atoms with Crippen LogP contribution >= 0.6 is 0 Å². The van der Waals surface area contributed by atoms with Crippen LogP contribution in [0.25, 0.3) is 11.0 Å². The zero-order valence-electron chi connectivity index (χ0n) is 11.1. The van der Waals surface area contributed by atoms with Gasteiger partial charge in [-0.25, -0.2) is 13.5 Å². The molecule has 0 aliphatic carbocycles. The predicted octanol–water partition coefficient (Wildman–Crippen LogP) is -0.726. The molecule has 0 unspecified atom stereocenters. The predicted molar refractivity (Wildman–Crippen MR) is 68.3 cm³/mol. The first-order valence-corrected chi connectivity index (χ1v) is 6.45. The van der Waals surface area contributed by atoms with Gasteiger partial charge < -0.3 is 25.0 Å². The highest BCUT2D eigenvalue weighted by Gasteiger charge is 2.44. The number of ether oxygens (including phenoxy) is 1. The van der Waals surface area contributed by atoms with Gasteiger partial charge in [-0.3, -0.25) is 4.79 Å². The molecule has 0 spiro atoms. The second-order valence-corrected chi connectivity index (χ2v) is 4.97. The van der Waals surface area contributed by atoms with E-state index in [0.29, 0.717) is 0 Å². The van der Waals surface area contributed by atoms with Crippen LogP contribution in [-0.2, 0) is 4.74 Å². The van der Waals surface area contributed by atoms with Crippen LogP contribution in [0.5, 0.6) is 0 Å². The summed E-state index contributed by atoms with van der Waals surface area (Å²) in [6, 6.07) is 0.774. The van der Waals surface area contributed by atoms with Crippen molar-refractivity contribution in [3.63, 3.8) is 0 Å². The van der Waals surface area contributed by atoms with Crippen molar-refractivity contribution in [3.8, 4) is 0 Å². The smallest absolute Gasteiger partial charge is 0.264 e. The Labute approximate surface area is 121 Å². The summed E-state index contributed by atoms with van der Waals surface area (Å²) in [6.07, 6.45) is -6.80. The molecule has 3 heterocycles. The number of aliphatic hydroxyl groups is 3. The number of pyridine rings is 1. The molecular weight excluding hydrogens is 304 g/mol. The minimum absolute atomic E-state index is 0.00679. The van der Waals surface area contributed by atoms with Crippen LogP contribution in [0.2, 0.25) is 0 Å². The normalized spacial score (nSPS) is 28.8. The first-order valence-electron chi connectivity index (χ1n) is 6.45. The van der Waals surface area contributed by atoms with Crippen molar-refractivity contribution in [3.05, 3.63) is 28.2 Å². The van der Waals surface area contributed by atoms with Crippen molar-refractivity contribution < 1.29 is 28.8 Å². The van der Waals surface area contributed by atoms with Crippen molar-refractivity contribution in [2.45, 2.75) is 31.0 Å². The number of H-pyrrole nitrogens is 1. The van der Waals surface area contributed by atoms with Crippen molar-refractivity contribution in [1.82, 2.24) is 14.8 Å². The fourth-order valence-corrected chi connectivity index (χ4v) is 2.53. The Balaban J connectivity index is 2.11. The zero-order valence-corrected chi connectivity index (χ0v) is 11.1. The number of nitrogens with zero attached hydrogens (tertiary/aromatic N) is 2. The van der Waals surface area contributed by atoms with Gasteiger partial charge in [0.2, 0.25) is 5.56 Å². The molecule has 0 saturated carbocycles. The van der Waals surface area contributed by atoms with E-state index < -0.39 is 48.7 Å². The first kappa shape index (κ1) is 15.0. The van der Waals surface area contributed by atoms with E-state index in [1.165, 1.54) is 0 Å². The van der Waals surface area contributed by atoms with Gasteiger partial charge in [-0.2, -0.15) is 5.10 Å². The van der Waals surface area contributed by atoms with Gasteiger partial charge in [-0.05, 0) is 0 Å². The second kappa shape index (κ2) is 5.39. The summed E-state index contributed by atoms with van der Waals surface area (Å²) in [6.45, 7) is -0.535. The van der Waals surface area contributed by atoms with E-state index in [0.717, 1.165) is 16.9 Å². The summed E-state index contributed by atoms with van der Waals surface area (Å²) >= 11 is 0. The van der Waals surface area contributed by atoms with Crippen molar-refractivity contribution in [1.29, 1.82) is 0 Å². The lowest BCUT2D eigenvalue weighted by Gasteiger charge is -2.16. The summed E-state index contributed by atoms with van der Waals surface area (Å²) in [7, 11) is 0. The third-order valence-electron chi connectivity index (χ3n) is 3.63. The number of aromatic nitrogens is 3. The number of aromatic amines is 1. The molecule has 22 heavy (non-hydrogen) atoms. The Morgan fingerprint density at radius 2 is 2.14 bits per heavy atom. The number of fused-ring (bicyclic) bond motifs is 1. The number of alkyl halides is 2. The van der Waals surface area contributed by atoms with Gasteiger partial charge >= 0.3 is 0 Å². The van der Waals surface area contributed by atoms with E-state index >= 15 is 0 Å². The van der Waals surface area contributed by atoms with E-state index in [9.17, 15) is 23.8 Å². The molecule has 120 valence electrons. The van der Waals surface area contributed by atoms with E-state index in [1.54, 1.807) is 0 Å².